The number of hydrogen-bond donors (Lipinski definition) is 0. The molecular formula is C9H16F4O7P2. The van der Waals surface area contributed by atoms with Crippen LogP contribution in [0.5, 0.6) is 0 Å². The summed E-state index contributed by atoms with van der Waals surface area (Å²) in [4.78, 5) is 0. The second-order valence-corrected chi connectivity index (χ2v) is 7.07. The highest BCUT2D eigenvalue weighted by molar-refractivity contribution is 7.58. The molecule has 22 heavy (non-hydrogen) atoms. The molecule has 0 aliphatic carbocycles. The highest BCUT2D eigenvalue weighted by atomic mass is 31.2. The topological polar surface area (TPSA) is 80.3 Å². The lowest BCUT2D eigenvalue weighted by Crippen LogP contribution is -2.17. The van der Waals surface area contributed by atoms with Crippen molar-refractivity contribution in [1.29, 1.82) is 0 Å². The SMILES string of the molecule is CCOP(=O)(OCC)OC(=C(F)P(=O)(OC)OC)C(F)(F)F. The number of allylic oxidation sites excluding steroid dienone is 1. The third-order valence-electron chi connectivity index (χ3n) is 1.94. The molecule has 0 radical (unpaired) electrons. The second kappa shape index (κ2) is 8.42. The van der Waals surface area contributed by atoms with Gasteiger partial charge < -0.3 is 13.6 Å². The third kappa shape index (κ3) is 5.64. The number of halogens is 4. The fourth-order valence-electron chi connectivity index (χ4n) is 1.08. The van der Waals surface area contributed by atoms with Gasteiger partial charge in [-0.25, -0.2) is 4.57 Å². The van der Waals surface area contributed by atoms with Gasteiger partial charge in [0.25, 0.3) is 11.3 Å². The van der Waals surface area contributed by atoms with Crippen LogP contribution in [-0.2, 0) is 31.7 Å². The minimum absolute atomic E-state index is 0.337. The van der Waals surface area contributed by atoms with Crippen LogP contribution in [-0.4, -0.2) is 33.6 Å². The zero-order valence-corrected chi connectivity index (χ0v) is 14.0. The smallest absolute Gasteiger partial charge is 0.395 e. The van der Waals surface area contributed by atoms with Crippen LogP contribution in [0.4, 0.5) is 17.6 Å². The van der Waals surface area contributed by atoms with Gasteiger partial charge in [0.15, 0.2) is 0 Å². The van der Waals surface area contributed by atoms with E-state index >= 15 is 0 Å². The Bertz CT molecular complexity index is 473. The van der Waals surface area contributed by atoms with E-state index in [9.17, 15) is 26.7 Å². The van der Waals surface area contributed by atoms with Crippen LogP contribution >= 0.6 is 15.4 Å². The fourth-order valence-corrected chi connectivity index (χ4v) is 3.27. The molecule has 0 aromatic heterocycles. The van der Waals surface area contributed by atoms with Crippen LogP contribution in [0.1, 0.15) is 13.8 Å². The van der Waals surface area contributed by atoms with Gasteiger partial charge in [0.1, 0.15) is 0 Å². The van der Waals surface area contributed by atoms with Gasteiger partial charge in [-0.3, -0.25) is 13.6 Å². The lowest BCUT2D eigenvalue weighted by molar-refractivity contribution is -0.122. The first-order chi connectivity index (χ1) is 9.99. The van der Waals surface area contributed by atoms with Gasteiger partial charge in [-0.15, -0.1) is 0 Å². The Balaban J connectivity index is 5.97. The summed E-state index contributed by atoms with van der Waals surface area (Å²) in [6.45, 7) is 1.93. The van der Waals surface area contributed by atoms with Crippen molar-refractivity contribution < 1.29 is 49.3 Å². The summed E-state index contributed by atoms with van der Waals surface area (Å²) in [6.07, 6.45) is -5.49. The molecule has 0 amide bonds. The molecule has 0 spiro atoms. The van der Waals surface area contributed by atoms with Crippen molar-refractivity contribution in [3.05, 3.63) is 11.3 Å². The minimum Gasteiger partial charge on any atom is -0.395 e. The van der Waals surface area contributed by atoms with Crippen molar-refractivity contribution in [1.82, 2.24) is 0 Å². The third-order valence-corrected chi connectivity index (χ3v) is 5.14. The first-order valence-electron chi connectivity index (χ1n) is 5.77. The Morgan fingerprint density at radius 3 is 1.68 bits per heavy atom. The molecule has 0 saturated carbocycles. The molecule has 0 aromatic rings. The average Bonchev–Trinajstić information content (AvgIpc) is 2.42. The molecule has 0 heterocycles. The number of rotatable bonds is 9. The number of alkyl halides is 3. The second-order valence-electron chi connectivity index (χ2n) is 3.35. The number of hydrogen-bond acceptors (Lipinski definition) is 7. The summed E-state index contributed by atoms with van der Waals surface area (Å²) >= 11 is 0. The van der Waals surface area contributed by atoms with Crippen LogP contribution in [0.2, 0.25) is 0 Å². The average molecular weight is 374 g/mol. The van der Waals surface area contributed by atoms with Gasteiger partial charge in [0.2, 0.25) is 0 Å². The van der Waals surface area contributed by atoms with Crippen molar-refractivity contribution in [2.75, 3.05) is 27.4 Å². The molecule has 0 N–H and O–H groups in total. The van der Waals surface area contributed by atoms with Crippen LogP contribution in [0, 0.1) is 0 Å². The molecule has 0 unspecified atom stereocenters. The van der Waals surface area contributed by atoms with Crippen molar-refractivity contribution in [2.45, 2.75) is 20.0 Å². The van der Waals surface area contributed by atoms with Crippen molar-refractivity contribution in [2.24, 2.45) is 0 Å². The van der Waals surface area contributed by atoms with E-state index in [4.69, 9.17) is 0 Å². The maximum Gasteiger partial charge on any atom is 0.530 e. The summed E-state index contributed by atoms with van der Waals surface area (Å²) in [5, 5.41) is 0. The molecule has 132 valence electrons. The van der Waals surface area contributed by atoms with Crippen molar-refractivity contribution >= 4 is 15.4 Å². The van der Waals surface area contributed by atoms with Crippen LogP contribution in [0.3, 0.4) is 0 Å². The fraction of sp³-hybridized carbons (Fsp3) is 0.778. The van der Waals surface area contributed by atoms with E-state index in [1.165, 1.54) is 13.8 Å². The first-order valence-corrected chi connectivity index (χ1v) is 8.77. The molecule has 7 nitrogen and oxygen atoms in total. The van der Waals surface area contributed by atoms with Gasteiger partial charge in [-0.1, -0.05) is 0 Å². The van der Waals surface area contributed by atoms with Gasteiger partial charge in [-0.2, -0.15) is 17.6 Å². The summed E-state index contributed by atoms with van der Waals surface area (Å²) < 4.78 is 97.5. The Hall–Kier alpha value is -0.440. The van der Waals surface area contributed by atoms with E-state index in [0.717, 1.165) is 0 Å². The van der Waals surface area contributed by atoms with Crippen LogP contribution in [0.25, 0.3) is 0 Å². The zero-order valence-electron chi connectivity index (χ0n) is 12.2. The van der Waals surface area contributed by atoms with Gasteiger partial charge in [0, 0.05) is 14.2 Å². The normalized spacial score (nSPS) is 14.7. The molecule has 13 heteroatoms. The van der Waals surface area contributed by atoms with E-state index in [2.05, 4.69) is 22.6 Å². The van der Waals surface area contributed by atoms with Gasteiger partial charge in [0.05, 0.1) is 13.2 Å². The van der Waals surface area contributed by atoms with Gasteiger partial charge >= 0.3 is 21.6 Å². The molecule has 0 fully saturated rings. The standard InChI is InChI=1S/C9H16F4O7P2/c1-5-18-22(15,19-6-2)20-7(9(11,12)13)8(10)21(14,16-3)17-4/h5-6H2,1-4H3. The monoisotopic (exact) mass is 374 g/mol. The molecule has 0 atom stereocenters. The Labute approximate surface area is 124 Å². The van der Waals surface area contributed by atoms with Crippen molar-refractivity contribution in [3.8, 4) is 0 Å². The Morgan fingerprint density at radius 1 is 1.00 bits per heavy atom. The van der Waals surface area contributed by atoms with E-state index < -0.39 is 32.9 Å². The predicted octanol–water partition coefficient (Wildman–Crippen LogP) is 4.37. The molecule has 0 aliphatic heterocycles. The quantitative estimate of drug-likeness (QED) is 0.337. The van der Waals surface area contributed by atoms with Crippen LogP contribution in [0.15, 0.2) is 11.3 Å². The number of phosphoric acid groups is 1. The molecule has 0 bridgehead atoms. The lowest BCUT2D eigenvalue weighted by atomic mass is 10.5. The van der Waals surface area contributed by atoms with E-state index in [1.807, 2.05) is 0 Å². The van der Waals surface area contributed by atoms with E-state index in [1.54, 1.807) is 0 Å². The minimum atomic E-state index is -5.49. The molecule has 0 rings (SSSR count). The Morgan fingerprint density at radius 2 is 1.41 bits per heavy atom. The summed E-state index contributed by atoms with van der Waals surface area (Å²) in [5.74, 6) is -2.47. The molecule has 0 saturated heterocycles. The summed E-state index contributed by atoms with van der Waals surface area (Å²) in [7, 11) is -8.34. The summed E-state index contributed by atoms with van der Waals surface area (Å²) in [5.41, 5.74) is -2.40. The number of phosphoric ester groups is 1. The van der Waals surface area contributed by atoms with Gasteiger partial charge in [-0.05, 0) is 13.8 Å². The molecule has 0 aromatic carbocycles. The summed E-state index contributed by atoms with van der Waals surface area (Å²) in [6, 6.07) is 0. The largest absolute Gasteiger partial charge is 0.530 e. The maximum absolute atomic E-state index is 13.9. The highest BCUT2D eigenvalue weighted by Crippen LogP contribution is 2.61. The zero-order chi connectivity index (χ0) is 17.6. The van der Waals surface area contributed by atoms with Crippen molar-refractivity contribution in [3.63, 3.8) is 0 Å². The highest BCUT2D eigenvalue weighted by Gasteiger charge is 2.50. The van der Waals surface area contributed by atoms with Crippen LogP contribution < -0.4 is 0 Å². The molecular weight excluding hydrogens is 358 g/mol. The molecule has 0 aliphatic rings. The predicted molar refractivity (Wildman–Crippen MR) is 67.8 cm³/mol. The maximum atomic E-state index is 13.9. The Kier molecular flexibility index (Phi) is 8.25. The first kappa shape index (κ1) is 21.6. The van der Waals surface area contributed by atoms with E-state index in [-0.39, 0.29) is 13.2 Å². The van der Waals surface area contributed by atoms with E-state index in [0.29, 0.717) is 14.2 Å². The lowest BCUT2D eigenvalue weighted by Gasteiger charge is -2.22.